The average molecular weight is 443 g/mol. The van der Waals surface area contributed by atoms with Gasteiger partial charge in [-0.2, -0.15) is 13.2 Å². The van der Waals surface area contributed by atoms with Crippen molar-refractivity contribution in [3.05, 3.63) is 47.5 Å². The first-order valence-corrected chi connectivity index (χ1v) is 9.18. The number of aromatic nitrogens is 2. The van der Waals surface area contributed by atoms with Gasteiger partial charge in [0.2, 0.25) is 5.95 Å². The third-order valence-electron chi connectivity index (χ3n) is 4.30. The largest absolute Gasteiger partial charge is 0.455 e. The minimum Gasteiger partial charge on any atom is -0.455 e. The smallest absolute Gasteiger partial charge is 0.416 e. The highest BCUT2D eigenvalue weighted by molar-refractivity contribution is 5.89. The van der Waals surface area contributed by atoms with E-state index in [4.69, 9.17) is 4.42 Å². The highest BCUT2D eigenvalue weighted by Gasteiger charge is 2.45. The van der Waals surface area contributed by atoms with E-state index in [0.29, 0.717) is 18.6 Å². The Bertz CT molecular complexity index is 1080. The third-order valence-corrected chi connectivity index (χ3v) is 4.30. The molecular weight excluding hydrogens is 425 g/mol. The van der Waals surface area contributed by atoms with E-state index in [2.05, 4.69) is 20.6 Å². The van der Waals surface area contributed by atoms with Gasteiger partial charge in [0, 0.05) is 23.6 Å². The van der Waals surface area contributed by atoms with E-state index in [9.17, 15) is 26.7 Å². The highest BCUT2D eigenvalue weighted by atomic mass is 19.4. The summed E-state index contributed by atoms with van der Waals surface area (Å²) in [6.07, 6.45) is -1.70. The number of halogens is 5. The summed E-state index contributed by atoms with van der Waals surface area (Å²) in [4.78, 5) is 20.0. The fraction of sp³-hybridized carbons (Fsp3) is 0.316. The number of amides is 2. The van der Waals surface area contributed by atoms with Crippen molar-refractivity contribution < 1.29 is 31.2 Å². The minimum absolute atomic E-state index is 0.0508. The van der Waals surface area contributed by atoms with Gasteiger partial charge >= 0.3 is 12.2 Å². The quantitative estimate of drug-likeness (QED) is 0.464. The molecule has 2 aromatic heterocycles. The zero-order valence-corrected chi connectivity index (χ0v) is 16.4. The van der Waals surface area contributed by atoms with Crippen LogP contribution in [0, 0.1) is 18.6 Å². The number of fused-ring (bicyclic) bond motifs is 1. The normalized spacial score (nSPS) is 12.6. The molecule has 0 radical (unpaired) electrons. The number of carbonyl (C=O) groups excluding carboxylic acids is 1. The van der Waals surface area contributed by atoms with Crippen molar-refractivity contribution >= 4 is 28.6 Å². The minimum atomic E-state index is -4.98. The number of carbonyl (C=O) groups is 1. The number of aryl methyl sites for hydroxylation is 1. The number of anilines is 2. The van der Waals surface area contributed by atoms with Gasteiger partial charge in [-0.05, 0) is 19.4 Å². The Labute approximate surface area is 173 Å². The maximum atomic E-state index is 13.9. The standard InChI is InChI=1S/C19H18F5N5O2/c1-3-4-25-17-26-7-11(8-27-17)28-18(30)29-16(19(22,23)24)14-9(2)12-5-10(20)6-13(21)15(12)31-14/h5-8,16H,3-4H2,1-2H3,(H,25,26,27)(H2,28,29,30). The van der Waals surface area contributed by atoms with Crippen LogP contribution >= 0.6 is 0 Å². The van der Waals surface area contributed by atoms with E-state index in [1.54, 1.807) is 5.32 Å². The number of alkyl halides is 3. The van der Waals surface area contributed by atoms with E-state index < -0.39 is 41.2 Å². The molecule has 0 spiro atoms. The van der Waals surface area contributed by atoms with Crippen LogP contribution in [0.2, 0.25) is 0 Å². The first-order valence-electron chi connectivity index (χ1n) is 9.18. The molecule has 3 rings (SSSR count). The van der Waals surface area contributed by atoms with Gasteiger partial charge in [0.1, 0.15) is 11.6 Å². The van der Waals surface area contributed by atoms with Crippen LogP contribution in [-0.4, -0.2) is 28.7 Å². The third kappa shape index (κ3) is 5.01. The van der Waals surface area contributed by atoms with Gasteiger partial charge in [-0.15, -0.1) is 0 Å². The second kappa shape index (κ2) is 8.74. The summed E-state index contributed by atoms with van der Waals surface area (Å²) in [5.74, 6) is -2.57. The Morgan fingerprint density at radius 2 is 1.87 bits per heavy atom. The van der Waals surface area contributed by atoms with Crippen molar-refractivity contribution in [3.8, 4) is 0 Å². The average Bonchev–Trinajstić information content (AvgIpc) is 3.01. The molecule has 1 aromatic carbocycles. The van der Waals surface area contributed by atoms with E-state index in [1.807, 2.05) is 6.92 Å². The van der Waals surface area contributed by atoms with E-state index in [-0.39, 0.29) is 16.6 Å². The Hall–Kier alpha value is -3.44. The number of hydrogen-bond donors (Lipinski definition) is 3. The molecule has 0 saturated heterocycles. The molecule has 7 nitrogen and oxygen atoms in total. The van der Waals surface area contributed by atoms with E-state index in [0.717, 1.165) is 12.5 Å². The SMILES string of the molecule is CCCNc1ncc(NC(=O)NC(c2oc3c(F)cc(F)cc3c2C)C(F)(F)F)cn1. The topological polar surface area (TPSA) is 92.1 Å². The molecule has 0 bridgehead atoms. The Balaban J connectivity index is 1.83. The van der Waals surface area contributed by atoms with Crippen molar-refractivity contribution in [1.29, 1.82) is 0 Å². The number of urea groups is 1. The predicted octanol–water partition coefficient (Wildman–Crippen LogP) is 5.06. The van der Waals surface area contributed by atoms with Crippen molar-refractivity contribution in [1.82, 2.24) is 15.3 Å². The molecule has 0 fully saturated rings. The lowest BCUT2D eigenvalue weighted by Gasteiger charge is -2.20. The highest BCUT2D eigenvalue weighted by Crippen LogP contribution is 2.39. The van der Waals surface area contributed by atoms with Crippen molar-refractivity contribution in [2.24, 2.45) is 0 Å². The Morgan fingerprint density at radius 1 is 1.19 bits per heavy atom. The lowest BCUT2D eigenvalue weighted by Crippen LogP contribution is -2.40. The summed E-state index contributed by atoms with van der Waals surface area (Å²) >= 11 is 0. The molecule has 3 aromatic rings. The lowest BCUT2D eigenvalue weighted by molar-refractivity contribution is -0.158. The molecule has 0 saturated carbocycles. The fourth-order valence-corrected chi connectivity index (χ4v) is 2.85. The maximum Gasteiger partial charge on any atom is 0.416 e. The van der Waals surface area contributed by atoms with Crippen LogP contribution < -0.4 is 16.0 Å². The number of benzene rings is 1. The van der Waals surface area contributed by atoms with Crippen LogP contribution in [-0.2, 0) is 0 Å². The summed E-state index contributed by atoms with van der Waals surface area (Å²) in [5.41, 5.74) is -0.630. The molecule has 2 heterocycles. The van der Waals surface area contributed by atoms with E-state index in [1.165, 1.54) is 19.3 Å². The second-order valence-corrected chi connectivity index (χ2v) is 6.65. The molecule has 3 N–H and O–H groups in total. The molecule has 0 aliphatic rings. The zero-order valence-electron chi connectivity index (χ0n) is 16.4. The Kier molecular flexibility index (Phi) is 6.27. The molecule has 12 heteroatoms. The summed E-state index contributed by atoms with van der Waals surface area (Å²) < 4.78 is 73.4. The molecule has 1 atom stereocenters. The van der Waals surface area contributed by atoms with Gasteiger partial charge in [0.15, 0.2) is 17.4 Å². The van der Waals surface area contributed by atoms with Crippen molar-refractivity contribution in [2.75, 3.05) is 17.2 Å². The Morgan fingerprint density at radius 3 is 2.48 bits per heavy atom. The van der Waals surface area contributed by atoms with Crippen LogP contribution in [0.1, 0.15) is 30.7 Å². The van der Waals surface area contributed by atoms with Gasteiger partial charge in [-0.25, -0.2) is 23.5 Å². The summed E-state index contributed by atoms with van der Waals surface area (Å²) in [6.45, 7) is 3.79. The van der Waals surface area contributed by atoms with Crippen molar-refractivity contribution in [3.63, 3.8) is 0 Å². The maximum absolute atomic E-state index is 13.9. The van der Waals surface area contributed by atoms with Gasteiger partial charge in [-0.3, -0.25) is 0 Å². The number of nitrogens with one attached hydrogen (secondary N) is 3. The van der Waals surface area contributed by atoms with Crippen LogP contribution in [0.25, 0.3) is 11.0 Å². The van der Waals surface area contributed by atoms with Gasteiger partial charge in [0.25, 0.3) is 0 Å². The number of rotatable bonds is 6. The van der Waals surface area contributed by atoms with Gasteiger partial charge in [-0.1, -0.05) is 6.92 Å². The second-order valence-electron chi connectivity index (χ2n) is 6.65. The summed E-state index contributed by atoms with van der Waals surface area (Å²) in [5, 5.41) is 6.69. The molecule has 1 unspecified atom stereocenters. The molecule has 2 amide bonds. The van der Waals surface area contributed by atoms with Crippen molar-refractivity contribution in [2.45, 2.75) is 32.5 Å². The first-order chi connectivity index (χ1) is 14.6. The predicted molar refractivity (Wildman–Crippen MR) is 103 cm³/mol. The molecule has 0 aliphatic heterocycles. The number of hydrogen-bond acceptors (Lipinski definition) is 5. The molecule has 31 heavy (non-hydrogen) atoms. The van der Waals surface area contributed by atoms with Crippen LogP contribution in [0.4, 0.5) is 38.4 Å². The molecule has 166 valence electrons. The monoisotopic (exact) mass is 443 g/mol. The lowest BCUT2D eigenvalue weighted by atomic mass is 10.1. The summed E-state index contributed by atoms with van der Waals surface area (Å²) in [7, 11) is 0. The summed E-state index contributed by atoms with van der Waals surface area (Å²) in [6, 6.07) is -2.46. The van der Waals surface area contributed by atoms with Crippen LogP contribution in [0.5, 0.6) is 0 Å². The van der Waals surface area contributed by atoms with Crippen LogP contribution in [0.3, 0.4) is 0 Å². The fourth-order valence-electron chi connectivity index (χ4n) is 2.85. The van der Waals surface area contributed by atoms with Gasteiger partial charge < -0.3 is 20.4 Å². The van der Waals surface area contributed by atoms with E-state index >= 15 is 0 Å². The number of furan rings is 1. The van der Waals surface area contributed by atoms with Gasteiger partial charge in [0.05, 0.1) is 18.1 Å². The first kappa shape index (κ1) is 22.2. The van der Waals surface area contributed by atoms with Crippen LogP contribution in [0.15, 0.2) is 28.9 Å². The molecule has 0 aliphatic carbocycles. The zero-order chi connectivity index (χ0) is 22.8. The number of nitrogens with zero attached hydrogens (tertiary/aromatic N) is 2. The molecular formula is C19H18F5N5O2.